The molecule has 5 aliphatic heterocycles. The Balaban J connectivity index is 0.678. The van der Waals surface area contributed by atoms with Crippen molar-refractivity contribution in [1.82, 2.24) is 46.7 Å². The Kier molecular flexibility index (Phi) is 21.7. The lowest BCUT2D eigenvalue weighted by Gasteiger charge is -2.60. The van der Waals surface area contributed by atoms with Crippen molar-refractivity contribution in [1.29, 1.82) is 5.26 Å². The fraction of sp³-hybridized carbons (Fsp3) is 0.578. The SMILES string of the molecule is COc1c(C)c(OC)c2c(c1O)[C@@H]1[C@@H]3Cc4c(OC)c(C)c(OC)c(O)c4[C@H](CNC(=O)c4ccc5cc(OCCCCNC(=O)CCCCCNC(=O)CCCCCNC(=O)CCCC[C@@H]6SC[C@@H]7NC(=O)N[C@@H]76)ccc5n4)N3[C@@H](C#N)[C@H](C2)N1C. The molecule has 6 amide bonds. The molecule has 0 radical (unpaired) electrons. The summed E-state index contributed by atoms with van der Waals surface area (Å²) in [7, 11) is 8.11. The number of aromatic hydroxyl groups is 2. The second-order valence-electron chi connectivity index (χ2n) is 23.4. The van der Waals surface area contributed by atoms with Crippen molar-refractivity contribution in [3.63, 3.8) is 0 Å². The highest BCUT2D eigenvalue weighted by molar-refractivity contribution is 8.00. The minimum atomic E-state index is -0.753. The number of unbranched alkanes of at least 4 members (excludes halogenated alkanes) is 6. The van der Waals surface area contributed by atoms with Gasteiger partial charge in [-0.15, -0.1) is 0 Å². The number of phenolic OH excluding ortho intramolecular Hbond substituents is 2. The number of hydrogen-bond acceptors (Lipinski definition) is 17. The number of carbonyl (C=O) groups excluding carboxylic acids is 5. The van der Waals surface area contributed by atoms with Crippen LogP contribution in [0.1, 0.15) is 146 Å². The molecular formula is C64H86N10O12S. The van der Waals surface area contributed by atoms with E-state index in [1.165, 1.54) is 14.2 Å². The van der Waals surface area contributed by atoms with E-state index in [4.69, 9.17) is 28.7 Å². The Bertz CT molecular complexity index is 3210. The van der Waals surface area contributed by atoms with Crippen LogP contribution in [0.4, 0.5) is 4.79 Å². The Morgan fingerprint density at radius 2 is 1.29 bits per heavy atom. The summed E-state index contributed by atoms with van der Waals surface area (Å²) in [4.78, 5) is 71.8. The number of aromatic nitrogens is 1. The van der Waals surface area contributed by atoms with Gasteiger partial charge in [-0.1, -0.05) is 25.3 Å². The number of nitriles is 1. The molecule has 3 saturated heterocycles. The van der Waals surface area contributed by atoms with Crippen LogP contribution < -0.4 is 55.6 Å². The zero-order valence-corrected chi connectivity index (χ0v) is 52.1. The minimum absolute atomic E-state index is 0.00197. The number of ether oxygens (including phenoxy) is 5. The maximum Gasteiger partial charge on any atom is 0.315 e. The lowest BCUT2D eigenvalue weighted by Crippen LogP contribution is -2.68. The number of phenols is 2. The first-order valence-corrected chi connectivity index (χ1v) is 31.8. The fourth-order valence-electron chi connectivity index (χ4n) is 13.8. The number of rotatable bonds is 30. The first-order chi connectivity index (χ1) is 42.1. The Labute approximate surface area is 513 Å². The number of nitrogens with one attached hydrogen (secondary N) is 6. The van der Waals surface area contributed by atoms with E-state index in [0.29, 0.717) is 120 Å². The van der Waals surface area contributed by atoms with E-state index in [1.54, 1.807) is 26.4 Å². The Hall–Kier alpha value is -7.42. The Morgan fingerprint density at radius 3 is 1.90 bits per heavy atom. The smallest absolute Gasteiger partial charge is 0.315 e. The lowest BCUT2D eigenvalue weighted by atomic mass is 9.71. The number of hydrogen-bond donors (Lipinski definition) is 8. The molecule has 470 valence electrons. The highest BCUT2D eigenvalue weighted by Crippen LogP contribution is 2.59. The third-order valence-corrected chi connectivity index (χ3v) is 19.6. The van der Waals surface area contributed by atoms with Crippen molar-refractivity contribution in [3.8, 4) is 46.3 Å². The van der Waals surface area contributed by atoms with Crippen molar-refractivity contribution >= 4 is 52.3 Å². The molecule has 3 fully saturated rings. The molecule has 5 aliphatic rings. The van der Waals surface area contributed by atoms with Crippen LogP contribution >= 0.6 is 11.8 Å². The third kappa shape index (κ3) is 14.1. The van der Waals surface area contributed by atoms with Gasteiger partial charge in [0.25, 0.3) is 5.91 Å². The molecule has 4 aromatic rings. The van der Waals surface area contributed by atoms with Crippen molar-refractivity contribution in [2.45, 2.75) is 164 Å². The molecule has 22 nitrogen and oxygen atoms in total. The number of amides is 6. The largest absolute Gasteiger partial charge is 0.504 e. The molecule has 23 heteroatoms. The summed E-state index contributed by atoms with van der Waals surface area (Å²) < 4.78 is 29.6. The number of fused-ring (bicyclic) bond motifs is 9. The van der Waals surface area contributed by atoms with E-state index < -0.39 is 30.1 Å². The van der Waals surface area contributed by atoms with E-state index in [1.807, 2.05) is 50.9 Å². The van der Waals surface area contributed by atoms with Crippen LogP contribution in [0.5, 0.6) is 40.2 Å². The lowest BCUT2D eigenvalue weighted by molar-refractivity contribution is -0.122. The highest BCUT2D eigenvalue weighted by Gasteiger charge is 2.57. The molecule has 6 heterocycles. The fourth-order valence-corrected chi connectivity index (χ4v) is 15.4. The van der Waals surface area contributed by atoms with Crippen molar-refractivity contribution in [3.05, 3.63) is 69.4 Å². The zero-order valence-electron chi connectivity index (χ0n) is 51.2. The van der Waals surface area contributed by atoms with Gasteiger partial charge in [-0.25, -0.2) is 9.78 Å². The average Bonchev–Trinajstić information content (AvgIpc) is 1.29. The van der Waals surface area contributed by atoms with Crippen LogP contribution in [0, 0.1) is 25.2 Å². The molecule has 87 heavy (non-hydrogen) atoms. The van der Waals surface area contributed by atoms with Gasteiger partial charge < -0.3 is 65.8 Å². The molecule has 8 atom stereocenters. The van der Waals surface area contributed by atoms with Crippen molar-refractivity contribution in [2.24, 2.45) is 0 Å². The number of piperazine rings is 1. The topological polar surface area (TPSA) is 287 Å². The van der Waals surface area contributed by atoms with Crippen LogP contribution in [-0.4, -0.2) is 164 Å². The molecule has 9 rings (SSSR count). The maximum absolute atomic E-state index is 14.2. The second-order valence-corrected chi connectivity index (χ2v) is 24.7. The summed E-state index contributed by atoms with van der Waals surface area (Å²) >= 11 is 1.89. The molecular weight excluding hydrogens is 1130 g/mol. The molecule has 0 spiro atoms. The third-order valence-electron chi connectivity index (χ3n) is 18.1. The number of urea groups is 1. The molecule has 0 saturated carbocycles. The highest BCUT2D eigenvalue weighted by atomic mass is 32.2. The van der Waals surface area contributed by atoms with Crippen LogP contribution in [0.2, 0.25) is 0 Å². The number of likely N-dealkylation sites (N-methyl/N-ethyl adjacent to an activating group) is 1. The molecule has 2 bridgehead atoms. The summed E-state index contributed by atoms with van der Waals surface area (Å²) in [5.41, 5.74) is 4.68. The zero-order chi connectivity index (χ0) is 61.9. The van der Waals surface area contributed by atoms with Gasteiger partial charge in [0.1, 0.15) is 29.0 Å². The van der Waals surface area contributed by atoms with E-state index >= 15 is 0 Å². The summed E-state index contributed by atoms with van der Waals surface area (Å²) in [5.74, 6) is 2.80. The van der Waals surface area contributed by atoms with Gasteiger partial charge in [0, 0.05) is 107 Å². The van der Waals surface area contributed by atoms with Crippen molar-refractivity contribution < 1.29 is 57.9 Å². The van der Waals surface area contributed by atoms with Gasteiger partial charge in [-0.2, -0.15) is 17.0 Å². The molecule has 0 aliphatic carbocycles. The van der Waals surface area contributed by atoms with Crippen LogP contribution in [-0.2, 0) is 27.2 Å². The first-order valence-electron chi connectivity index (χ1n) is 30.7. The van der Waals surface area contributed by atoms with E-state index in [-0.39, 0.29) is 71.4 Å². The van der Waals surface area contributed by atoms with Gasteiger partial charge in [0.2, 0.25) is 17.7 Å². The summed E-state index contributed by atoms with van der Waals surface area (Å²) in [6, 6.07) is 9.12. The van der Waals surface area contributed by atoms with E-state index in [2.05, 4.69) is 47.8 Å². The van der Waals surface area contributed by atoms with E-state index in [9.17, 15) is 39.4 Å². The predicted octanol–water partition coefficient (Wildman–Crippen LogP) is 6.85. The molecule has 1 aromatic heterocycles. The molecule has 3 aromatic carbocycles. The van der Waals surface area contributed by atoms with Gasteiger partial charge in [-0.3, -0.25) is 29.0 Å². The number of methoxy groups -OCH3 is 4. The molecule has 8 N–H and O–H groups in total. The maximum atomic E-state index is 14.2. The average molecular weight is 1220 g/mol. The van der Waals surface area contributed by atoms with Gasteiger partial charge in [-0.05, 0) is 109 Å². The second kappa shape index (κ2) is 29.5. The normalized spacial score (nSPS) is 21.7. The number of pyridine rings is 1. The number of thioether (sulfide) groups is 1. The number of nitrogens with zero attached hydrogens (tertiary/aromatic N) is 4. The standard InChI is InChI=1S/C64H86N10O12S/c1-36-59(82-4)40-32-46-56-54-41(60(83-5)37(2)62(85-7)58(54)79)31-45(73(56)3)47(33-65)74(46)48(53(40)57(78)61(36)84-6)34-69-63(80)43-24-22-38-30-39(23-25-42(38)70-43)86-29-17-16-28-68-51(76)20-11-9-14-26-66-50(75)19-10-8-15-27-67-52(77)21-13-12-18-49-55-44(35-87-49)71-64(81)72-55/h22-25,30,44-49,55-56,78-79H,8-21,26-29,31-32,34-35H2,1-7H3,(H,66,75)(H,67,77)(H,68,76)(H,69,80)(H2,71,72,81)/t44-,45-,46-,47-,48-,49-,55-,56-/m0/s1. The van der Waals surface area contributed by atoms with Gasteiger partial charge in [0.15, 0.2) is 23.0 Å². The van der Waals surface area contributed by atoms with Gasteiger partial charge >= 0.3 is 6.03 Å². The summed E-state index contributed by atoms with van der Waals surface area (Å²) in [6.07, 6.45) is 11.2. The minimum Gasteiger partial charge on any atom is -0.504 e. The predicted molar refractivity (Wildman–Crippen MR) is 330 cm³/mol. The Morgan fingerprint density at radius 1 is 0.713 bits per heavy atom. The number of benzene rings is 3. The van der Waals surface area contributed by atoms with E-state index in [0.717, 1.165) is 87.3 Å². The number of carbonyl (C=O) groups is 5. The van der Waals surface area contributed by atoms with Gasteiger partial charge in [0.05, 0.1) is 70.8 Å². The molecule has 0 unspecified atom stereocenters. The van der Waals surface area contributed by atoms with Crippen LogP contribution in [0.15, 0.2) is 30.3 Å². The van der Waals surface area contributed by atoms with Crippen molar-refractivity contribution in [2.75, 3.05) is 74.0 Å². The first kappa shape index (κ1) is 64.1. The summed E-state index contributed by atoms with van der Waals surface area (Å²) in [5, 5.41) is 54.5. The monoisotopic (exact) mass is 1220 g/mol. The quantitative estimate of drug-likeness (QED) is 0.0196. The summed E-state index contributed by atoms with van der Waals surface area (Å²) in [6.45, 7) is 5.81. The van der Waals surface area contributed by atoms with Crippen LogP contribution in [0.25, 0.3) is 10.9 Å². The van der Waals surface area contributed by atoms with Crippen LogP contribution in [0.3, 0.4) is 0 Å².